The Kier molecular flexibility index (Phi) is 2.35. The van der Waals surface area contributed by atoms with Crippen molar-refractivity contribution in [1.29, 1.82) is 0 Å². The maximum absolute atomic E-state index is 11.5. The van der Waals surface area contributed by atoms with Gasteiger partial charge >= 0.3 is 5.69 Å². The zero-order valence-corrected chi connectivity index (χ0v) is 10.7. The van der Waals surface area contributed by atoms with Crippen LogP contribution in [0.4, 0.5) is 5.82 Å². The highest BCUT2D eigenvalue weighted by atomic mass is 16.2. The minimum Gasteiger partial charge on any atom is -0.365 e. The van der Waals surface area contributed by atoms with E-state index >= 15 is 0 Å². The Labute approximate surface area is 114 Å². The topological polar surface area (TPSA) is 75.1 Å². The van der Waals surface area contributed by atoms with Crippen molar-refractivity contribution in [2.75, 3.05) is 5.32 Å². The van der Waals surface area contributed by atoms with E-state index in [4.69, 9.17) is 0 Å². The molecule has 4 rings (SSSR count). The number of nitrogens with zero attached hydrogens (tertiary/aromatic N) is 3. The van der Waals surface area contributed by atoms with Crippen LogP contribution in [0.2, 0.25) is 0 Å². The summed E-state index contributed by atoms with van der Waals surface area (Å²) in [4.78, 5) is 11.5. The van der Waals surface area contributed by atoms with Crippen LogP contribution < -0.4 is 11.0 Å². The third-order valence-electron chi connectivity index (χ3n) is 3.62. The van der Waals surface area contributed by atoms with Gasteiger partial charge in [-0.05, 0) is 24.1 Å². The Morgan fingerprint density at radius 3 is 2.90 bits per heavy atom. The van der Waals surface area contributed by atoms with Crippen molar-refractivity contribution in [3.8, 4) is 0 Å². The van der Waals surface area contributed by atoms with Crippen LogP contribution in [0.15, 0.2) is 47.3 Å². The fraction of sp³-hybridized carbons (Fsp3) is 0.214. The number of hydrogen-bond donors (Lipinski definition) is 2. The van der Waals surface area contributed by atoms with E-state index < -0.39 is 0 Å². The van der Waals surface area contributed by atoms with E-state index in [1.807, 2.05) is 12.1 Å². The molecule has 6 nitrogen and oxygen atoms in total. The summed E-state index contributed by atoms with van der Waals surface area (Å²) in [5, 5.41) is 13.8. The molecule has 0 saturated heterocycles. The summed E-state index contributed by atoms with van der Waals surface area (Å²) in [6.07, 6.45) is 1.09. The molecule has 1 saturated carbocycles. The number of H-pyrrole nitrogens is 1. The van der Waals surface area contributed by atoms with Crippen LogP contribution in [0.5, 0.6) is 0 Å². The Morgan fingerprint density at radius 1 is 1.20 bits per heavy atom. The lowest BCUT2D eigenvalue weighted by Gasteiger charge is -2.04. The first-order chi connectivity index (χ1) is 9.81. The van der Waals surface area contributed by atoms with Crippen LogP contribution in [0.25, 0.3) is 5.65 Å². The third kappa shape index (κ3) is 1.85. The van der Waals surface area contributed by atoms with Gasteiger partial charge in [-0.2, -0.15) is 9.61 Å². The van der Waals surface area contributed by atoms with E-state index in [9.17, 15) is 4.79 Å². The van der Waals surface area contributed by atoms with Gasteiger partial charge in [0.1, 0.15) is 5.82 Å². The monoisotopic (exact) mass is 267 g/mol. The second-order valence-corrected chi connectivity index (χ2v) is 5.02. The van der Waals surface area contributed by atoms with Gasteiger partial charge in [0.15, 0.2) is 5.65 Å². The molecule has 1 aliphatic carbocycles. The summed E-state index contributed by atoms with van der Waals surface area (Å²) in [7, 11) is 0. The Balaban J connectivity index is 1.54. The average molecular weight is 267 g/mol. The van der Waals surface area contributed by atoms with Gasteiger partial charge in [-0.1, -0.05) is 30.3 Å². The normalized spacial score (nSPS) is 21.0. The van der Waals surface area contributed by atoms with Crippen LogP contribution in [0.1, 0.15) is 17.9 Å². The smallest absolute Gasteiger partial charge is 0.364 e. The molecule has 20 heavy (non-hydrogen) atoms. The highest BCUT2D eigenvalue weighted by Crippen LogP contribution is 2.42. The third-order valence-corrected chi connectivity index (χ3v) is 3.62. The van der Waals surface area contributed by atoms with Crippen LogP contribution in [-0.2, 0) is 0 Å². The quantitative estimate of drug-likeness (QED) is 0.752. The Hall–Kier alpha value is -2.63. The molecule has 0 spiro atoms. The fourth-order valence-electron chi connectivity index (χ4n) is 2.49. The molecule has 3 aromatic rings. The van der Waals surface area contributed by atoms with Crippen LogP contribution in [-0.4, -0.2) is 25.9 Å². The van der Waals surface area contributed by atoms with Crippen LogP contribution >= 0.6 is 0 Å². The summed E-state index contributed by atoms with van der Waals surface area (Å²) in [5.41, 5.74) is 1.54. The number of aromatic amines is 1. The van der Waals surface area contributed by atoms with Gasteiger partial charge in [-0.3, -0.25) is 0 Å². The van der Waals surface area contributed by atoms with Gasteiger partial charge in [0.25, 0.3) is 0 Å². The van der Waals surface area contributed by atoms with Gasteiger partial charge < -0.3 is 5.32 Å². The van der Waals surface area contributed by atoms with E-state index in [1.54, 1.807) is 6.07 Å². The van der Waals surface area contributed by atoms with Gasteiger partial charge in [-0.15, -0.1) is 5.10 Å². The van der Waals surface area contributed by atoms with Gasteiger partial charge in [-0.25, -0.2) is 9.89 Å². The van der Waals surface area contributed by atoms with Crippen molar-refractivity contribution < 1.29 is 0 Å². The second-order valence-electron chi connectivity index (χ2n) is 5.02. The lowest BCUT2D eigenvalue weighted by atomic mass is 10.1. The minimum atomic E-state index is -0.320. The lowest BCUT2D eigenvalue weighted by molar-refractivity contribution is 0.872. The SMILES string of the molecule is O=c1[nH]nc2ccc(NC3CC3c3ccccc3)nn12. The molecule has 2 N–H and O–H groups in total. The van der Waals surface area contributed by atoms with Crippen molar-refractivity contribution in [3.05, 3.63) is 58.5 Å². The molecule has 2 aromatic heterocycles. The van der Waals surface area contributed by atoms with Gasteiger partial charge in [0.05, 0.1) is 0 Å². The van der Waals surface area contributed by atoms with E-state index in [1.165, 1.54) is 10.1 Å². The number of benzene rings is 1. The van der Waals surface area contributed by atoms with Crippen LogP contribution in [0.3, 0.4) is 0 Å². The molecule has 6 heteroatoms. The highest BCUT2D eigenvalue weighted by molar-refractivity contribution is 5.46. The Morgan fingerprint density at radius 2 is 2.05 bits per heavy atom. The van der Waals surface area contributed by atoms with Crippen molar-refractivity contribution in [1.82, 2.24) is 19.8 Å². The molecule has 0 amide bonds. The summed E-state index contributed by atoms with van der Waals surface area (Å²) < 4.78 is 1.27. The number of nitrogens with one attached hydrogen (secondary N) is 2. The molecule has 0 radical (unpaired) electrons. The molecule has 0 bridgehead atoms. The molecular formula is C14H13N5O. The molecule has 2 heterocycles. The minimum absolute atomic E-state index is 0.320. The standard InChI is InChI=1S/C14H13N5O/c20-14-17-16-13-7-6-12(18-19(13)14)15-11-8-10(11)9-4-2-1-3-5-9/h1-7,10-11H,8H2,(H,15,18)(H,17,20). The molecule has 1 aromatic carbocycles. The van der Waals surface area contributed by atoms with Gasteiger partial charge in [0, 0.05) is 12.0 Å². The molecule has 1 fully saturated rings. The van der Waals surface area contributed by atoms with Crippen molar-refractivity contribution >= 4 is 11.5 Å². The molecule has 1 aliphatic rings. The fourth-order valence-corrected chi connectivity index (χ4v) is 2.49. The molecular weight excluding hydrogens is 254 g/mol. The maximum Gasteiger partial charge on any atom is 0.364 e. The summed E-state index contributed by atoms with van der Waals surface area (Å²) in [5.74, 6) is 1.22. The molecule has 2 unspecified atom stereocenters. The summed E-state index contributed by atoms with van der Waals surface area (Å²) in [6, 6.07) is 14.4. The molecule has 0 aliphatic heterocycles. The van der Waals surface area contributed by atoms with Crippen molar-refractivity contribution in [2.24, 2.45) is 0 Å². The first kappa shape index (κ1) is 11.2. The van der Waals surface area contributed by atoms with Crippen LogP contribution in [0, 0.1) is 0 Å². The number of fused-ring (bicyclic) bond motifs is 1. The molecule has 2 atom stereocenters. The first-order valence-corrected chi connectivity index (χ1v) is 6.57. The van der Waals surface area contributed by atoms with E-state index in [0.29, 0.717) is 23.4 Å². The predicted octanol–water partition coefficient (Wildman–Crippen LogP) is 1.39. The average Bonchev–Trinajstić information content (AvgIpc) is 3.16. The first-order valence-electron chi connectivity index (χ1n) is 6.57. The van der Waals surface area contributed by atoms with Crippen molar-refractivity contribution in [2.45, 2.75) is 18.4 Å². The van der Waals surface area contributed by atoms with Gasteiger partial charge in [0.2, 0.25) is 0 Å². The number of aromatic nitrogens is 4. The summed E-state index contributed by atoms with van der Waals surface area (Å²) >= 11 is 0. The zero-order chi connectivity index (χ0) is 13.5. The van der Waals surface area contributed by atoms with E-state index in [-0.39, 0.29) is 5.69 Å². The number of anilines is 1. The van der Waals surface area contributed by atoms with E-state index in [2.05, 4.69) is 44.9 Å². The van der Waals surface area contributed by atoms with Crippen molar-refractivity contribution in [3.63, 3.8) is 0 Å². The predicted molar refractivity (Wildman–Crippen MR) is 74.8 cm³/mol. The highest BCUT2D eigenvalue weighted by Gasteiger charge is 2.38. The Bertz CT molecular complexity index is 807. The second kappa shape index (κ2) is 4.19. The number of hydrogen-bond acceptors (Lipinski definition) is 4. The lowest BCUT2D eigenvalue weighted by Crippen LogP contribution is -2.15. The largest absolute Gasteiger partial charge is 0.365 e. The number of rotatable bonds is 3. The zero-order valence-electron chi connectivity index (χ0n) is 10.7. The summed E-state index contributed by atoms with van der Waals surface area (Å²) in [6.45, 7) is 0. The molecule has 100 valence electrons. The van der Waals surface area contributed by atoms with E-state index in [0.717, 1.165) is 6.42 Å². The maximum atomic E-state index is 11.5.